The molecular formula is C18H31N7. The smallest absolute Gasteiger partial charge is 0.191 e. The molecule has 2 aromatic rings. The molecule has 0 aliphatic heterocycles. The fourth-order valence-corrected chi connectivity index (χ4v) is 3.03. The van der Waals surface area contributed by atoms with E-state index in [0.29, 0.717) is 6.54 Å². The first-order chi connectivity index (χ1) is 11.8. The Bertz CT molecular complexity index is 752. The zero-order valence-corrected chi connectivity index (χ0v) is 16.6. The summed E-state index contributed by atoms with van der Waals surface area (Å²) in [5.74, 6) is 0.837. The zero-order valence-electron chi connectivity index (χ0n) is 16.6. The van der Waals surface area contributed by atoms with Crippen molar-refractivity contribution >= 4 is 5.96 Å². The summed E-state index contributed by atoms with van der Waals surface area (Å²) in [4.78, 5) is 4.72. The van der Waals surface area contributed by atoms with E-state index in [1.165, 1.54) is 22.5 Å². The van der Waals surface area contributed by atoms with E-state index in [1.807, 2.05) is 30.4 Å². The van der Waals surface area contributed by atoms with Crippen LogP contribution >= 0.6 is 0 Å². The minimum atomic E-state index is 0.631. The van der Waals surface area contributed by atoms with Crippen molar-refractivity contribution < 1.29 is 0 Å². The first-order valence-corrected chi connectivity index (χ1v) is 8.85. The molecule has 0 radical (unpaired) electrons. The van der Waals surface area contributed by atoms with Crippen molar-refractivity contribution in [1.82, 2.24) is 30.2 Å². The maximum atomic E-state index is 4.72. The van der Waals surface area contributed by atoms with Crippen LogP contribution in [0.5, 0.6) is 0 Å². The highest BCUT2D eigenvalue weighted by Gasteiger charge is 2.10. The predicted octanol–water partition coefficient (Wildman–Crippen LogP) is 1.69. The van der Waals surface area contributed by atoms with E-state index < -0.39 is 0 Å². The molecule has 7 nitrogen and oxygen atoms in total. The quantitative estimate of drug-likeness (QED) is 0.617. The minimum Gasteiger partial charge on any atom is -0.357 e. The zero-order chi connectivity index (χ0) is 18.6. The number of hydrogen-bond donors (Lipinski definition) is 2. The van der Waals surface area contributed by atoms with E-state index >= 15 is 0 Å². The largest absolute Gasteiger partial charge is 0.357 e. The van der Waals surface area contributed by atoms with E-state index in [-0.39, 0.29) is 0 Å². The first-order valence-electron chi connectivity index (χ1n) is 8.85. The van der Waals surface area contributed by atoms with Crippen molar-refractivity contribution in [3.8, 4) is 0 Å². The van der Waals surface area contributed by atoms with Gasteiger partial charge >= 0.3 is 0 Å². The minimum absolute atomic E-state index is 0.631. The van der Waals surface area contributed by atoms with Crippen LogP contribution in [0.2, 0.25) is 0 Å². The maximum absolute atomic E-state index is 4.72. The molecule has 2 heterocycles. The van der Waals surface area contributed by atoms with Crippen LogP contribution in [0.25, 0.3) is 0 Å². The van der Waals surface area contributed by atoms with Gasteiger partial charge in [-0.25, -0.2) is 4.99 Å². The van der Waals surface area contributed by atoms with Crippen LogP contribution in [0.4, 0.5) is 0 Å². The van der Waals surface area contributed by atoms with Crippen LogP contribution in [-0.2, 0) is 27.1 Å². The molecule has 0 fully saturated rings. The van der Waals surface area contributed by atoms with Gasteiger partial charge in [0, 0.05) is 44.1 Å². The normalized spacial score (nSPS) is 11.9. The Kier molecular flexibility index (Phi) is 6.22. The Hall–Kier alpha value is -2.31. The molecule has 2 rings (SSSR count). The van der Waals surface area contributed by atoms with Gasteiger partial charge in [0.05, 0.1) is 17.9 Å². The first kappa shape index (κ1) is 19.0. The van der Waals surface area contributed by atoms with Crippen LogP contribution < -0.4 is 10.6 Å². The van der Waals surface area contributed by atoms with Crippen LogP contribution in [0.15, 0.2) is 4.99 Å². The van der Waals surface area contributed by atoms with Gasteiger partial charge in [-0.1, -0.05) is 0 Å². The third kappa shape index (κ3) is 4.41. The molecule has 0 saturated heterocycles. The Labute approximate surface area is 150 Å². The van der Waals surface area contributed by atoms with Gasteiger partial charge in [0.15, 0.2) is 5.96 Å². The lowest BCUT2D eigenvalue weighted by atomic mass is 10.1. The van der Waals surface area contributed by atoms with Gasteiger partial charge in [-0.05, 0) is 46.6 Å². The van der Waals surface area contributed by atoms with Gasteiger partial charge in [-0.3, -0.25) is 9.36 Å². The summed E-state index contributed by atoms with van der Waals surface area (Å²) in [7, 11) is 3.96. The lowest BCUT2D eigenvalue weighted by molar-refractivity contribution is 0.728. The Morgan fingerprint density at radius 2 is 1.48 bits per heavy atom. The van der Waals surface area contributed by atoms with Crippen molar-refractivity contribution in [3.05, 3.63) is 33.9 Å². The summed E-state index contributed by atoms with van der Waals surface area (Å²) in [5, 5.41) is 15.7. The molecule has 0 atom stereocenters. The number of aromatic nitrogens is 4. The van der Waals surface area contributed by atoms with Crippen molar-refractivity contribution in [1.29, 1.82) is 0 Å². The number of hydrogen-bond acceptors (Lipinski definition) is 3. The highest BCUT2D eigenvalue weighted by Crippen LogP contribution is 2.13. The standard InChI is InChI=1S/C18H31N7/c1-8-19-18(21-11-17-13(3)23-25(7)15(17)5)20-10-9-16-12(2)22-24(6)14(16)4/h8-11H2,1-7H3,(H2,19,20,21). The second kappa shape index (κ2) is 8.18. The number of aliphatic imine (C=N–C) groups is 1. The monoisotopic (exact) mass is 345 g/mol. The molecule has 7 heteroatoms. The molecule has 0 unspecified atom stereocenters. The molecule has 0 aliphatic rings. The summed E-state index contributed by atoms with van der Waals surface area (Å²) in [6.07, 6.45) is 0.931. The van der Waals surface area contributed by atoms with Crippen molar-refractivity contribution in [2.45, 2.75) is 47.6 Å². The van der Waals surface area contributed by atoms with E-state index in [4.69, 9.17) is 4.99 Å². The lowest BCUT2D eigenvalue weighted by Crippen LogP contribution is -2.38. The van der Waals surface area contributed by atoms with Gasteiger partial charge in [0.1, 0.15) is 0 Å². The van der Waals surface area contributed by atoms with E-state index in [2.05, 4.69) is 48.5 Å². The Morgan fingerprint density at radius 1 is 0.920 bits per heavy atom. The van der Waals surface area contributed by atoms with Crippen LogP contribution in [-0.4, -0.2) is 38.6 Å². The van der Waals surface area contributed by atoms with Crippen LogP contribution in [0.1, 0.15) is 40.8 Å². The third-order valence-corrected chi connectivity index (χ3v) is 4.72. The van der Waals surface area contributed by atoms with Crippen LogP contribution in [0.3, 0.4) is 0 Å². The summed E-state index contributed by atoms with van der Waals surface area (Å²) < 4.78 is 3.85. The molecule has 0 aliphatic carbocycles. The molecule has 138 valence electrons. The van der Waals surface area contributed by atoms with Crippen molar-refractivity contribution in [2.75, 3.05) is 13.1 Å². The summed E-state index contributed by atoms with van der Waals surface area (Å²) in [6, 6.07) is 0. The van der Waals surface area contributed by atoms with Gasteiger partial charge < -0.3 is 10.6 Å². The predicted molar refractivity (Wildman–Crippen MR) is 102 cm³/mol. The Morgan fingerprint density at radius 3 is 1.96 bits per heavy atom. The van der Waals surface area contributed by atoms with E-state index in [1.54, 1.807) is 0 Å². The molecule has 2 N–H and O–H groups in total. The van der Waals surface area contributed by atoms with Crippen LogP contribution in [0, 0.1) is 27.7 Å². The lowest BCUT2D eigenvalue weighted by Gasteiger charge is -2.11. The number of nitrogens with one attached hydrogen (secondary N) is 2. The molecule has 2 aromatic heterocycles. The van der Waals surface area contributed by atoms with Gasteiger partial charge in [-0.15, -0.1) is 0 Å². The highest BCUT2D eigenvalue weighted by atomic mass is 15.3. The van der Waals surface area contributed by atoms with E-state index in [0.717, 1.165) is 36.9 Å². The molecule has 0 spiro atoms. The average Bonchev–Trinajstić information content (AvgIpc) is 2.94. The number of aryl methyl sites for hydroxylation is 4. The van der Waals surface area contributed by atoms with Crippen molar-refractivity contribution in [2.24, 2.45) is 19.1 Å². The van der Waals surface area contributed by atoms with Gasteiger partial charge in [-0.2, -0.15) is 10.2 Å². The average molecular weight is 345 g/mol. The molecular weight excluding hydrogens is 314 g/mol. The third-order valence-electron chi connectivity index (χ3n) is 4.72. The topological polar surface area (TPSA) is 72.1 Å². The van der Waals surface area contributed by atoms with Crippen molar-refractivity contribution in [3.63, 3.8) is 0 Å². The number of nitrogens with zero attached hydrogens (tertiary/aromatic N) is 5. The molecule has 0 amide bonds. The second-order valence-corrected chi connectivity index (χ2v) is 6.42. The SMILES string of the molecule is CCNC(=NCc1c(C)nn(C)c1C)NCCc1c(C)nn(C)c1C. The van der Waals surface area contributed by atoms with Gasteiger partial charge in [0.25, 0.3) is 0 Å². The molecule has 25 heavy (non-hydrogen) atoms. The summed E-state index contributed by atoms with van der Waals surface area (Å²) >= 11 is 0. The summed E-state index contributed by atoms with van der Waals surface area (Å²) in [6.45, 7) is 12.7. The van der Waals surface area contributed by atoms with Gasteiger partial charge in [0.2, 0.25) is 0 Å². The fourth-order valence-electron chi connectivity index (χ4n) is 3.03. The number of guanidine groups is 1. The number of rotatable bonds is 6. The summed E-state index contributed by atoms with van der Waals surface area (Å²) in [5.41, 5.74) is 7.04. The fraction of sp³-hybridized carbons (Fsp3) is 0.611. The maximum Gasteiger partial charge on any atom is 0.191 e. The van der Waals surface area contributed by atoms with E-state index in [9.17, 15) is 0 Å². The second-order valence-electron chi connectivity index (χ2n) is 6.42. The molecule has 0 bridgehead atoms. The Balaban J connectivity index is 2.00. The highest BCUT2D eigenvalue weighted by molar-refractivity contribution is 5.79. The molecule has 0 saturated carbocycles. The molecule has 0 aromatic carbocycles.